The summed E-state index contributed by atoms with van der Waals surface area (Å²) in [5.41, 5.74) is 3.51. The number of alkyl carbamates (subject to hydrolysis) is 1. The lowest BCUT2D eigenvalue weighted by molar-refractivity contribution is -0.156. The van der Waals surface area contributed by atoms with Crippen molar-refractivity contribution in [2.45, 2.75) is 105 Å². The van der Waals surface area contributed by atoms with Crippen molar-refractivity contribution < 1.29 is 43.3 Å². The summed E-state index contributed by atoms with van der Waals surface area (Å²) in [5, 5.41) is 12.0. The molecule has 0 spiro atoms. The molecule has 0 aromatic heterocycles. The summed E-state index contributed by atoms with van der Waals surface area (Å²) >= 11 is 0. The minimum absolute atomic E-state index is 0.0000954. The van der Waals surface area contributed by atoms with Gasteiger partial charge in [-0.25, -0.2) is 4.79 Å². The van der Waals surface area contributed by atoms with Gasteiger partial charge in [0, 0.05) is 24.7 Å². The molecule has 0 saturated carbocycles. The molecule has 0 heterocycles. The Morgan fingerprint density at radius 2 is 1.30 bits per heavy atom. The van der Waals surface area contributed by atoms with Crippen LogP contribution in [0.25, 0.3) is 11.1 Å². The van der Waals surface area contributed by atoms with E-state index in [1.807, 2.05) is 57.2 Å². The van der Waals surface area contributed by atoms with E-state index in [1.54, 1.807) is 34.6 Å². The summed E-state index contributed by atoms with van der Waals surface area (Å²) in [4.78, 5) is 59.0. The third kappa shape index (κ3) is 13.6. The maximum atomic E-state index is 12.5. The van der Waals surface area contributed by atoms with Crippen molar-refractivity contribution in [2.75, 3.05) is 13.2 Å². The second kappa shape index (κ2) is 17.6. The van der Waals surface area contributed by atoms with Crippen molar-refractivity contribution in [3.8, 4) is 11.1 Å². The largest absolute Gasteiger partial charge is 0.481 e. The number of carbonyl (C=O) groups excluding carboxylic acids is 4. The van der Waals surface area contributed by atoms with Crippen LogP contribution in [0.3, 0.4) is 0 Å². The summed E-state index contributed by atoms with van der Waals surface area (Å²) in [6.07, 6.45) is 0.500. The second-order valence-electron chi connectivity index (χ2n) is 13.7. The molecule has 0 saturated heterocycles. The molecule has 0 aliphatic heterocycles. The van der Waals surface area contributed by atoms with Crippen molar-refractivity contribution in [1.82, 2.24) is 5.32 Å². The molecule has 10 nitrogen and oxygen atoms in total. The van der Waals surface area contributed by atoms with Crippen molar-refractivity contribution in [1.29, 1.82) is 0 Å². The maximum absolute atomic E-state index is 12.5. The lowest BCUT2D eigenvalue weighted by Crippen LogP contribution is -2.33. The predicted octanol–water partition coefficient (Wildman–Crippen LogP) is 7.07. The molecular weight excluding hydrogens is 602 g/mol. The Labute approximate surface area is 278 Å². The second-order valence-corrected chi connectivity index (χ2v) is 13.7. The number of rotatable bonds is 13. The third-order valence-electron chi connectivity index (χ3n) is 7.42. The topological polar surface area (TPSA) is 145 Å². The number of nitrogens with one attached hydrogen (secondary N) is 1. The average molecular weight is 654 g/mol. The molecule has 2 aromatic rings. The summed E-state index contributed by atoms with van der Waals surface area (Å²) in [6, 6.07) is 16.1. The van der Waals surface area contributed by atoms with Gasteiger partial charge in [-0.3, -0.25) is 19.2 Å². The first-order chi connectivity index (χ1) is 21.9. The quantitative estimate of drug-likeness (QED) is 0.171. The number of esters is 2. The van der Waals surface area contributed by atoms with E-state index in [0.717, 1.165) is 22.3 Å². The number of carboxylic acid groups (broad SMARTS) is 1. The van der Waals surface area contributed by atoms with E-state index >= 15 is 0 Å². The predicted molar refractivity (Wildman–Crippen MR) is 179 cm³/mol. The zero-order chi connectivity index (χ0) is 35.4. The van der Waals surface area contributed by atoms with Gasteiger partial charge in [-0.15, -0.1) is 0 Å². The van der Waals surface area contributed by atoms with Gasteiger partial charge in [-0.1, -0.05) is 62.4 Å². The average Bonchev–Trinajstić information content (AvgIpc) is 3.30. The van der Waals surface area contributed by atoms with Gasteiger partial charge in [0.15, 0.2) is 5.78 Å². The van der Waals surface area contributed by atoms with Gasteiger partial charge in [0.05, 0.1) is 12.5 Å². The van der Waals surface area contributed by atoms with E-state index in [4.69, 9.17) is 14.2 Å². The summed E-state index contributed by atoms with van der Waals surface area (Å²) < 4.78 is 15.6. The van der Waals surface area contributed by atoms with Crippen LogP contribution >= 0.6 is 0 Å². The van der Waals surface area contributed by atoms with E-state index in [2.05, 4.69) is 17.4 Å². The van der Waals surface area contributed by atoms with Gasteiger partial charge in [-0.2, -0.15) is 0 Å². The van der Waals surface area contributed by atoms with E-state index < -0.39 is 35.5 Å². The maximum Gasteiger partial charge on any atom is 0.407 e. The number of carbonyl (C=O) groups is 5. The number of fused-ring (bicyclic) bond motifs is 3. The van der Waals surface area contributed by atoms with Crippen LogP contribution in [-0.2, 0) is 33.4 Å². The highest BCUT2D eigenvalue weighted by atomic mass is 16.6. The van der Waals surface area contributed by atoms with Crippen molar-refractivity contribution in [3.05, 3.63) is 59.7 Å². The summed E-state index contributed by atoms with van der Waals surface area (Å²) in [6.45, 7) is 14.3. The Balaban J connectivity index is 0.000000745. The number of benzene rings is 2. The lowest BCUT2D eigenvalue weighted by atomic mass is 9.91. The monoisotopic (exact) mass is 653 g/mol. The number of hydrogen-bond acceptors (Lipinski definition) is 8. The summed E-state index contributed by atoms with van der Waals surface area (Å²) in [7, 11) is 0. The SMILES string of the molecule is CC(CCC(CCC(=O)OC(C)(C)C)C(=O)O)C(=O)CNC(=O)OCC1c2ccccc2-c2ccccc21.CCC(=O)OC(C)(C)C. The van der Waals surface area contributed by atoms with E-state index in [0.29, 0.717) is 12.8 Å². The van der Waals surface area contributed by atoms with Crippen LogP contribution in [0.15, 0.2) is 48.5 Å². The Bertz CT molecular complexity index is 1340. The van der Waals surface area contributed by atoms with E-state index in [-0.39, 0.29) is 55.7 Å². The van der Waals surface area contributed by atoms with Gasteiger partial charge in [-0.05, 0) is 83.1 Å². The van der Waals surface area contributed by atoms with E-state index in [9.17, 15) is 29.1 Å². The van der Waals surface area contributed by atoms with Gasteiger partial charge in [0.2, 0.25) is 0 Å². The highest BCUT2D eigenvalue weighted by Gasteiger charge is 2.29. The van der Waals surface area contributed by atoms with Crippen molar-refractivity contribution in [2.24, 2.45) is 11.8 Å². The molecule has 10 heteroatoms. The van der Waals surface area contributed by atoms with E-state index in [1.165, 1.54) is 0 Å². The van der Waals surface area contributed by atoms with Crippen LogP contribution in [0, 0.1) is 11.8 Å². The number of carboxylic acids is 1. The number of ketones is 1. The lowest BCUT2D eigenvalue weighted by Gasteiger charge is -2.20. The van der Waals surface area contributed by atoms with Crippen molar-refractivity contribution >= 4 is 29.8 Å². The Kier molecular flexibility index (Phi) is 14.6. The molecule has 1 amide bonds. The first-order valence-corrected chi connectivity index (χ1v) is 16.2. The zero-order valence-electron chi connectivity index (χ0n) is 29.0. The van der Waals surface area contributed by atoms with Crippen LogP contribution in [0.4, 0.5) is 4.79 Å². The fraction of sp³-hybridized carbons (Fsp3) is 0.541. The smallest absolute Gasteiger partial charge is 0.407 e. The van der Waals surface area contributed by atoms with Crippen LogP contribution < -0.4 is 5.32 Å². The van der Waals surface area contributed by atoms with Gasteiger partial charge >= 0.3 is 24.0 Å². The van der Waals surface area contributed by atoms with Gasteiger partial charge in [0.25, 0.3) is 0 Å². The van der Waals surface area contributed by atoms with Crippen LogP contribution in [-0.4, -0.2) is 59.2 Å². The minimum Gasteiger partial charge on any atom is -0.481 e. The van der Waals surface area contributed by atoms with Crippen LogP contribution in [0.1, 0.15) is 105 Å². The Morgan fingerprint density at radius 1 is 0.787 bits per heavy atom. The Hall–Kier alpha value is -4.21. The zero-order valence-corrected chi connectivity index (χ0v) is 29.0. The first kappa shape index (κ1) is 39.0. The molecular formula is C37H51NO9. The molecule has 1 aliphatic rings. The molecule has 2 N–H and O–H groups in total. The normalized spacial score (nSPS) is 13.5. The van der Waals surface area contributed by atoms with Gasteiger partial charge < -0.3 is 24.6 Å². The van der Waals surface area contributed by atoms with Crippen molar-refractivity contribution in [3.63, 3.8) is 0 Å². The standard InChI is InChI=1S/C30H37NO7.C7H14O2/c1-19(13-14-20(28(34)35)15-16-27(33)38-30(2,3)4)26(32)17-31-29(36)37-18-25-23-11-7-5-9-21(23)22-10-6-8-12-24(22)25;1-5-6(8)9-7(2,3)4/h5-12,19-20,25H,13-18H2,1-4H3,(H,31,36)(H,34,35);5H2,1-4H3. The van der Waals surface area contributed by atoms with Gasteiger partial charge in [0.1, 0.15) is 17.8 Å². The number of Topliss-reactive ketones (excluding diaryl/α,β-unsaturated/α-hetero) is 1. The summed E-state index contributed by atoms with van der Waals surface area (Å²) in [5.74, 6) is -3.08. The number of aliphatic carboxylic acids is 1. The van der Waals surface area contributed by atoms with Crippen LogP contribution in [0.2, 0.25) is 0 Å². The molecule has 2 aromatic carbocycles. The molecule has 258 valence electrons. The first-order valence-electron chi connectivity index (χ1n) is 16.2. The molecule has 0 radical (unpaired) electrons. The molecule has 47 heavy (non-hydrogen) atoms. The fourth-order valence-corrected chi connectivity index (χ4v) is 5.08. The highest BCUT2D eigenvalue weighted by Crippen LogP contribution is 2.44. The number of ether oxygens (including phenoxy) is 3. The highest BCUT2D eigenvalue weighted by molar-refractivity contribution is 5.86. The number of hydrogen-bond donors (Lipinski definition) is 2. The Morgan fingerprint density at radius 3 is 1.77 bits per heavy atom. The third-order valence-corrected chi connectivity index (χ3v) is 7.42. The minimum atomic E-state index is -1.01. The number of amides is 1. The molecule has 2 unspecified atom stereocenters. The molecule has 3 rings (SSSR count). The molecule has 0 bridgehead atoms. The van der Waals surface area contributed by atoms with Crippen LogP contribution in [0.5, 0.6) is 0 Å². The molecule has 0 fully saturated rings. The molecule has 2 atom stereocenters. The fourth-order valence-electron chi connectivity index (χ4n) is 5.08. The molecule has 1 aliphatic carbocycles.